The number of unbranched alkanes of at least 4 members (excludes halogenated alkanes) is 2. The first-order valence-corrected chi connectivity index (χ1v) is 12.5. The van der Waals surface area contributed by atoms with Crippen LogP contribution in [0.4, 0.5) is 0 Å². The highest BCUT2D eigenvalue weighted by molar-refractivity contribution is 9.10. The molecule has 1 aromatic carbocycles. The van der Waals surface area contributed by atoms with Gasteiger partial charge in [0.2, 0.25) is 0 Å². The predicted molar refractivity (Wildman–Crippen MR) is 122 cm³/mol. The molecule has 0 amide bonds. The highest BCUT2D eigenvalue weighted by Crippen LogP contribution is 2.85. The number of aliphatic imine (C=N–C) groups is 1. The Morgan fingerprint density at radius 3 is 2.11 bits per heavy atom. The van der Waals surface area contributed by atoms with E-state index in [9.17, 15) is 10.5 Å². The Labute approximate surface area is 184 Å². The molecule has 1 heterocycles. The zero-order valence-corrected chi connectivity index (χ0v) is 19.5. The molecule has 0 aromatic heterocycles. The number of thioether (sulfide) groups is 2. The number of nitrogens with two attached hydrogens (primary N) is 1. The third-order valence-corrected chi connectivity index (χ3v) is 9.55. The maximum atomic E-state index is 10.5. The van der Waals surface area contributed by atoms with Gasteiger partial charge in [-0.25, -0.2) is 4.99 Å². The van der Waals surface area contributed by atoms with E-state index in [1.165, 1.54) is 0 Å². The lowest BCUT2D eigenvalue weighted by Crippen LogP contribution is -2.32. The molecule has 1 fully saturated rings. The number of halogens is 1. The van der Waals surface area contributed by atoms with E-state index < -0.39 is 15.0 Å². The van der Waals surface area contributed by atoms with Crippen molar-refractivity contribution in [2.45, 2.75) is 49.7 Å². The molecule has 2 aliphatic rings. The average molecular weight is 477 g/mol. The molecule has 3 unspecified atom stereocenters. The first kappa shape index (κ1) is 21.6. The Balaban J connectivity index is 2.08. The van der Waals surface area contributed by atoms with Gasteiger partial charge in [0, 0.05) is 10.4 Å². The molecule has 2 N–H and O–H groups in total. The Kier molecular flexibility index (Phi) is 6.39. The second-order valence-electron chi connectivity index (χ2n) is 7.31. The van der Waals surface area contributed by atoms with Gasteiger partial charge in [0.15, 0.2) is 4.20 Å². The van der Waals surface area contributed by atoms with Gasteiger partial charge >= 0.3 is 0 Å². The number of benzene rings is 1. The van der Waals surface area contributed by atoms with Crippen molar-refractivity contribution < 1.29 is 0 Å². The fourth-order valence-corrected chi connectivity index (χ4v) is 8.17. The van der Waals surface area contributed by atoms with Gasteiger partial charge in [0.05, 0.1) is 12.1 Å². The summed E-state index contributed by atoms with van der Waals surface area (Å²) in [7, 11) is 0. The number of nitriles is 2. The van der Waals surface area contributed by atoms with Gasteiger partial charge < -0.3 is 5.73 Å². The van der Waals surface area contributed by atoms with E-state index >= 15 is 0 Å². The smallest absolute Gasteiger partial charge is 0.175 e. The number of fused-ring (bicyclic) bond motifs is 1. The van der Waals surface area contributed by atoms with Gasteiger partial charge in [-0.2, -0.15) is 10.5 Å². The SMILES string of the molecule is CCCCSC1(SCCCC)N=C(N)C2(C#N)C(c3ccc(Br)cc3)C12C#N. The molecule has 28 heavy (non-hydrogen) atoms. The van der Waals surface area contributed by atoms with E-state index in [0.29, 0.717) is 5.84 Å². The Morgan fingerprint density at radius 1 is 1.07 bits per heavy atom. The van der Waals surface area contributed by atoms with Crippen LogP contribution in [-0.4, -0.2) is 21.5 Å². The maximum Gasteiger partial charge on any atom is 0.175 e. The van der Waals surface area contributed by atoms with Gasteiger partial charge in [-0.3, -0.25) is 0 Å². The first-order chi connectivity index (χ1) is 13.5. The molecule has 7 heteroatoms. The van der Waals surface area contributed by atoms with Crippen molar-refractivity contribution in [3.05, 3.63) is 34.3 Å². The van der Waals surface area contributed by atoms with Crippen LogP contribution in [0.25, 0.3) is 0 Å². The zero-order valence-electron chi connectivity index (χ0n) is 16.2. The van der Waals surface area contributed by atoms with Crippen LogP contribution in [0.1, 0.15) is 51.0 Å². The van der Waals surface area contributed by atoms with Crippen LogP contribution in [0.15, 0.2) is 33.7 Å². The minimum absolute atomic E-state index is 0.246. The minimum Gasteiger partial charge on any atom is -0.386 e. The van der Waals surface area contributed by atoms with Crippen molar-refractivity contribution in [3.63, 3.8) is 0 Å². The molecule has 0 saturated heterocycles. The molecule has 148 valence electrons. The number of hydrogen-bond donors (Lipinski definition) is 1. The lowest BCUT2D eigenvalue weighted by atomic mass is 9.97. The van der Waals surface area contributed by atoms with E-state index in [4.69, 9.17) is 10.7 Å². The van der Waals surface area contributed by atoms with Crippen molar-refractivity contribution in [3.8, 4) is 12.1 Å². The summed E-state index contributed by atoms with van der Waals surface area (Å²) in [6, 6.07) is 12.9. The normalized spacial score (nSPS) is 29.5. The van der Waals surface area contributed by atoms with Crippen molar-refractivity contribution in [1.82, 2.24) is 0 Å². The third kappa shape index (κ3) is 2.90. The molecule has 1 aliphatic carbocycles. The summed E-state index contributed by atoms with van der Waals surface area (Å²) in [5.41, 5.74) is 5.43. The van der Waals surface area contributed by atoms with Gasteiger partial charge in [0.1, 0.15) is 16.7 Å². The quantitative estimate of drug-likeness (QED) is 0.367. The Morgan fingerprint density at radius 2 is 1.64 bits per heavy atom. The average Bonchev–Trinajstić information content (AvgIpc) is 3.27. The number of nitrogens with zero attached hydrogens (tertiary/aromatic N) is 3. The van der Waals surface area contributed by atoms with E-state index in [-0.39, 0.29) is 5.92 Å². The van der Waals surface area contributed by atoms with E-state index in [2.05, 4.69) is 41.9 Å². The van der Waals surface area contributed by atoms with Crippen LogP contribution in [0.2, 0.25) is 0 Å². The van der Waals surface area contributed by atoms with E-state index in [1.807, 2.05) is 24.3 Å². The third-order valence-electron chi connectivity index (χ3n) is 5.72. The Bertz CT molecular complexity index is 831. The van der Waals surface area contributed by atoms with Crippen LogP contribution in [0.5, 0.6) is 0 Å². The first-order valence-electron chi connectivity index (χ1n) is 9.71. The fraction of sp³-hybridized carbons (Fsp3) is 0.571. The van der Waals surface area contributed by atoms with Crippen molar-refractivity contribution in [1.29, 1.82) is 10.5 Å². The zero-order chi connectivity index (χ0) is 20.4. The molecular formula is C21H25BrN4S2. The number of amidine groups is 1. The highest BCUT2D eigenvalue weighted by atomic mass is 79.9. The molecule has 4 nitrogen and oxygen atoms in total. The standard InChI is InChI=1S/C21H25BrN4S2/c1-3-5-11-27-21(28-12-6-4-2)20(14-24)17(15-7-9-16(22)10-8-15)19(20,13-23)18(25)26-21/h7-10,17H,3-6,11-12H2,1-2H3,(H2,25,26). The van der Waals surface area contributed by atoms with Crippen molar-refractivity contribution >= 4 is 45.3 Å². The van der Waals surface area contributed by atoms with Crippen LogP contribution in [-0.2, 0) is 0 Å². The summed E-state index contributed by atoms with van der Waals surface area (Å²) in [4.78, 5) is 4.84. The van der Waals surface area contributed by atoms with Gasteiger partial charge in [0.25, 0.3) is 0 Å². The van der Waals surface area contributed by atoms with Gasteiger partial charge in [-0.15, -0.1) is 23.5 Å². The van der Waals surface area contributed by atoms with Gasteiger partial charge in [-0.1, -0.05) is 54.8 Å². The highest BCUT2D eigenvalue weighted by Gasteiger charge is 2.91. The fourth-order valence-electron chi connectivity index (χ4n) is 4.22. The second kappa shape index (κ2) is 8.30. The summed E-state index contributed by atoms with van der Waals surface area (Å²) in [6.45, 7) is 4.32. The van der Waals surface area contributed by atoms with Crippen LogP contribution in [0.3, 0.4) is 0 Å². The molecule has 1 aliphatic heterocycles. The molecule has 0 bridgehead atoms. The summed E-state index contributed by atoms with van der Waals surface area (Å²) in [5, 5.41) is 20.7. The molecule has 3 rings (SSSR count). The summed E-state index contributed by atoms with van der Waals surface area (Å²) in [5.74, 6) is 1.90. The Hall–Kier alpha value is -1.15. The summed E-state index contributed by atoms with van der Waals surface area (Å²) in [6.07, 6.45) is 4.28. The summed E-state index contributed by atoms with van der Waals surface area (Å²) < 4.78 is 0.255. The van der Waals surface area contributed by atoms with Crippen LogP contribution < -0.4 is 5.73 Å². The number of rotatable bonds is 9. The maximum absolute atomic E-state index is 10.5. The largest absolute Gasteiger partial charge is 0.386 e. The topological polar surface area (TPSA) is 86.0 Å². The van der Waals surface area contributed by atoms with Crippen LogP contribution in [0, 0.1) is 33.5 Å². The molecule has 3 atom stereocenters. The number of hydrogen-bond acceptors (Lipinski definition) is 6. The molecule has 0 radical (unpaired) electrons. The van der Waals surface area contributed by atoms with Crippen LogP contribution >= 0.6 is 39.5 Å². The molecular weight excluding hydrogens is 452 g/mol. The predicted octanol–water partition coefficient (Wildman–Crippen LogP) is 5.66. The monoisotopic (exact) mass is 476 g/mol. The van der Waals surface area contributed by atoms with Gasteiger partial charge in [-0.05, 0) is 42.0 Å². The molecule has 1 saturated carbocycles. The van der Waals surface area contributed by atoms with Crippen molar-refractivity contribution in [2.24, 2.45) is 21.6 Å². The minimum atomic E-state index is -1.03. The lowest BCUT2D eigenvalue weighted by molar-refractivity contribution is 0.562. The summed E-state index contributed by atoms with van der Waals surface area (Å²) >= 11 is 6.89. The molecule has 1 aromatic rings. The molecule has 0 spiro atoms. The van der Waals surface area contributed by atoms with E-state index in [1.54, 1.807) is 23.5 Å². The van der Waals surface area contributed by atoms with Crippen molar-refractivity contribution in [2.75, 3.05) is 11.5 Å². The second-order valence-corrected chi connectivity index (χ2v) is 11.1. The lowest BCUT2D eigenvalue weighted by Gasteiger charge is -2.32. The van der Waals surface area contributed by atoms with E-state index in [0.717, 1.165) is 47.2 Å².